The zero-order chi connectivity index (χ0) is 17.9. The predicted octanol–water partition coefficient (Wildman–Crippen LogP) is 5.28. The number of hydrogen-bond acceptors (Lipinski definition) is 2. The second-order valence-corrected chi connectivity index (χ2v) is 8.99. The van der Waals surface area contributed by atoms with Gasteiger partial charge in [-0.25, -0.2) is 0 Å². The van der Waals surface area contributed by atoms with Crippen LogP contribution in [0.25, 0.3) is 11.1 Å². The van der Waals surface area contributed by atoms with E-state index >= 15 is 0 Å². The van der Waals surface area contributed by atoms with Crippen LogP contribution in [0.1, 0.15) is 56.1 Å². The molecule has 5 atom stereocenters. The van der Waals surface area contributed by atoms with Crippen LogP contribution in [0.4, 0.5) is 0 Å². The Kier molecular flexibility index (Phi) is 3.69. The fourth-order valence-electron chi connectivity index (χ4n) is 6.54. The van der Waals surface area contributed by atoms with E-state index in [1.807, 2.05) is 18.2 Å². The van der Waals surface area contributed by atoms with E-state index in [2.05, 4.69) is 31.2 Å². The quantitative estimate of drug-likeness (QED) is 0.736. The molecule has 0 bridgehead atoms. The Morgan fingerprint density at radius 1 is 1.00 bits per heavy atom. The van der Waals surface area contributed by atoms with Crippen molar-refractivity contribution >= 4 is 0 Å². The number of benzene rings is 2. The smallest absolute Gasteiger partial charge is 0.116 e. The van der Waals surface area contributed by atoms with Gasteiger partial charge in [0.2, 0.25) is 0 Å². The van der Waals surface area contributed by atoms with Crippen LogP contribution in [-0.4, -0.2) is 16.3 Å². The second kappa shape index (κ2) is 5.85. The van der Waals surface area contributed by atoms with Gasteiger partial charge in [-0.05, 0) is 96.1 Å². The molecule has 0 saturated heterocycles. The monoisotopic (exact) mass is 348 g/mol. The first-order valence-corrected chi connectivity index (χ1v) is 10.2. The summed E-state index contributed by atoms with van der Waals surface area (Å²) in [7, 11) is 0. The lowest BCUT2D eigenvalue weighted by Crippen LogP contribution is -2.44. The van der Waals surface area contributed by atoms with Crippen LogP contribution in [0.5, 0.6) is 5.75 Å². The average Bonchev–Trinajstić information content (AvgIpc) is 2.96. The van der Waals surface area contributed by atoms with Gasteiger partial charge in [-0.15, -0.1) is 0 Å². The highest BCUT2D eigenvalue weighted by molar-refractivity contribution is 5.72. The minimum atomic E-state index is -0.122. The molecule has 2 nitrogen and oxygen atoms in total. The minimum Gasteiger partial charge on any atom is -0.508 e. The molecule has 2 heteroatoms. The molecular weight excluding hydrogens is 320 g/mol. The topological polar surface area (TPSA) is 40.5 Å². The number of hydrogen-bond donors (Lipinski definition) is 2. The van der Waals surface area contributed by atoms with E-state index in [0.717, 1.165) is 25.7 Å². The van der Waals surface area contributed by atoms with Gasteiger partial charge in [0.05, 0.1) is 6.10 Å². The predicted molar refractivity (Wildman–Crippen MR) is 104 cm³/mol. The summed E-state index contributed by atoms with van der Waals surface area (Å²) in [4.78, 5) is 0. The van der Waals surface area contributed by atoms with Crippen molar-refractivity contribution in [1.82, 2.24) is 0 Å². The third kappa shape index (κ3) is 2.28. The fourth-order valence-corrected chi connectivity index (χ4v) is 6.54. The van der Waals surface area contributed by atoms with Crippen LogP contribution in [0.3, 0.4) is 0 Å². The molecule has 3 aliphatic carbocycles. The Labute approximate surface area is 155 Å². The van der Waals surface area contributed by atoms with Crippen molar-refractivity contribution in [3.8, 4) is 16.9 Å². The van der Waals surface area contributed by atoms with Gasteiger partial charge in [0.25, 0.3) is 0 Å². The Hall–Kier alpha value is -1.80. The van der Waals surface area contributed by atoms with Gasteiger partial charge in [-0.3, -0.25) is 0 Å². The summed E-state index contributed by atoms with van der Waals surface area (Å²) < 4.78 is 0. The van der Waals surface area contributed by atoms with Crippen molar-refractivity contribution in [2.75, 3.05) is 0 Å². The Morgan fingerprint density at radius 2 is 1.81 bits per heavy atom. The van der Waals surface area contributed by atoms with Crippen molar-refractivity contribution in [3.63, 3.8) is 0 Å². The molecule has 2 N–H and O–H groups in total. The molecule has 2 saturated carbocycles. The van der Waals surface area contributed by atoms with E-state index in [1.165, 1.54) is 35.1 Å². The Balaban J connectivity index is 1.62. The standard InChI is InChI=1S/C24H28O2/c1-24-12-11-19-18(21(24)9-10-22(24)26)8-7-16-13-17(25)14-20(23(16)19)15-5-3-2-4-6-15/h2-6,13-14,18-19,21-22,25-26H,7-12H2,1H3/t18-,19+,21+,22+,24+/m1/s1. The Morgan fingerprint density at radius 3 is 2.62 bits per heavy atom. The molecule has 0 amide bonds. The summed E-state index contributed by atoms with van der Waals surface area (Å²) in [6.45, 7) is 2.33. The van der Waals surface area contributed by atoms with Crippen LogP contribution in [0, 0.1) is 17.3 Å². The highest BCUT2D eigenvalue weighted by Crippen LogP contribution is 2.61. The first kappa shape index (κ1) is 16.4. The molecule has 0 radical (unpaired) electrons. The lowest BCUT2D eigenvalue weighted by atomic mass is 9.55. The molecule has 5 rings (SSSR count). The van der Waals surface area contributed by atoms with Crippen LogP contribution >= 0.6 is 0 Å². The lowest BCUT2D eigenvalue weighted by Gasteiger charge is -2.50. The largest absolute Gasteiger partial charge is 0.508 e. The molecule has 3 aliphatic rings. The van der Waals surface area contributed by atoms with Gasteiger partial charge in [0.1, 0.15) is 5.75 Å². The summed E-state index contributed by atoms with van der Waals surface area (Å²) in [6.07, 6.45) is 6.55. The Bertz CT molecular complexity index is 828. The van der Waals surface area contributed by atoms with Crippen LogP contribution in [0.15, 0.2) is 42.5 Å². The maximum atomic E-state index is 10.6. The maximum absolute atomic E-state index is 10.6. The second-order valence-electron chi connectivity index (χ2n) is 8.99. The number of phenolic OH excluding ortho intramolecular Hbond substituents is 1. The summed E-state index contributed by atoms with van der Waals surface area (Å²) in [6, 6.07) is 14.5. The zero-order valence-corrected chi connectivity index (χ0v) is 15.5. The van der Waals surface area contributed by atoms with Gasteiger partial charge in [0.15, 0.2) is 0 Å². The number of aliphatic hydroxyl groups excluding tert-OH is 1. The normalized spacial score (nSPS) is 35.5. The van der Waals surface area contributed by atoms with E-state index in [9.17, 15) is 10.2 Å². The van der Waals surface area contributed by atoms with Gasteiger partial charge < -0.3 is 10.2 Å². The molecule has 2 fully saturated rings. The number of aliphatic hydroxyl groups is 1. The SMILES string of the molecule is C[C@]12CC[C@@H]3c4c(cc(O)cc4-c4ccccc4)CC[C@H]3[C@@H]1CC[C@@H]2O. The maximum Gasteiger partial charge on any atom is 0.116 e. The van der Waals surface area contributed by atoms with Gasteiger partial charge >= 0.3 is 0 Å². The minimum absolute atomic E-state index is 0.114. The van der Waals surface area contributed by atoms with E-state index in [0.29, 0.717) is 23.5 Å². The van der Waals surface area contributed by atoms with Crippen molar-refractivity contribution in [3.05, 3.63) is 53.6 Å². The number of phenols is 1. The van der Waals surface area contributed by atoms with Gasteiger partial charge in [-0.1, -0.05) is 37.3 Å². The molecule has 0 aliphatic heterocycles. The van der Waals surface area contributed by atoms with Crippen LogP contribution in [-0.2, 0) is 6.42 Å². The summed E-state index contributed by atoms with van der Waals surface area (Å²) in [5.41, 5.74) is 5.36. The molecule has 136 valence electrons. The van der Waals surface area contributed by atoms with Crippen molar-refractivity contribution in [1.29, 1.82) is 0 Å². The van der Waals surface area contributed by atoms with Gasteiger partial charge in [0, 0.05) is 0 Å². The van der Waals surface area contributed by atoms with E-state index in [4.69, 9.17) is 0 Å². The molecule has 0 spiro atoms. The van der Waals surface area contributed by atoms with Gasteiger partial charge in [-0.2, -0.15) is 0 Å². The first-order valence-electron chi connectivity index (χ1n) is 10.2. The summed E-state index contributed by atoms with van der Waals surface area (Å²) in [5.74, 6) is 2.27. The molecule has 0 heterocycles. The molecule has 0 unspecified atom stereocenters. The highest BCUT2D eigenvalue weighted by atomic mass is 16.3. The van der Waals surface area contributed by atoms with E-state index < -0.39 is 0 Å². The zero-order valence-electron chi connectivity index (χ0n) is 15.5. The number of aryl methyl sites for hydroxylation is 1. The third-order valence-electron chi connectivity index (χ3n) is 7.84. The van der Waals surface area contributed by atoms with Crippen LogP contribution < -0.4 is 0 Å². The van der Waals surface area contributed by atoms with Crippen molar-refractivity contribution in [2.45, 2.75) is 57.5 Å². The molecule has 26 heavy (non-hydrogen) atoms. The molecule has 2 aromatic carbocycles. The number of aromatic hydroxyl groups is 1. The van der Waals surface area contributed by atoms with Crippen molar-refractivity contribution in [2.24, 2.45) is 17.3 Å². The molecule has 0 aromatic heterocycles. The molecular formula is C24H28O2. The highest BCUT2D eigenvalue weighted by Gasteiger charge is 2.54. The summed E-state index contributed by atoms with van der Waals surface area (Å²) in [5, 5.41) is 20.9. The lowest BCUT2D eigenvalue weighted by molar-refractivity contribution is -0.0225. The van der Waals surface area contributed by atoms with E-state index in [-0.39, 0.29) is 11.5 Å². The van der Waals surface area contributed by atoms with Crippen LogP contribution in [0.2, 0.25) is 0 Å². The third-order valence-corrected chi connectivity index (χ3v) is 7.84. The first-order chi connectivity index (χ1) is 12.6. The number of rotatable bonds is 1. The molecule has 2 aromatic rings. The van der Waals surface area contributed by atoms with Crippen molar-refractivity contribution < 1.29 is 10.2 Å². The number of fused-ring (bicyclic) bond motifs is 5. The summed E-state index contributed by atoms with van der Waals surface area (Å²) >= 11 is 0. The average molecular weight is 348 g/mol. The van der Waals surface area contributed by atoms with E-state index in [1.54, 1.807) is 0 Å². The fraction of sp³-hybridized carbons (Fsp3) is 0.500.